The highest BCUT2D eigenvalue weighted by Gasteiger charge is 2.32. The number of carbonyl (C=O) groups is 2. The van der Waals surface area contributed by atoms with Crippen molar-refractivity contribution in [3.63, 3.8) is 0 Å². The van der Waals surface area contributed by atoms with E-state index in [1.165, 1.54) is 30.3 Å². The van der Waals surface area contributed by atoms with E-state index < -0.39 is 17.6 Å². The Morgan fingerprint density at radius 3 is 2.33 bits per heavy atom. The van der Waals surface area contributed by atoms with Gasteiger partial charge in [-0.25, -0.2) is 14.4 Å². The highest BCUT2D eigenvalue weighted by molar-refractivity contribution is 7.99. The molecule has 1 unspecified atom stereocenters. The summed E-state index contributed by atoms with van der Waals surface area (Å²) >= 11 is 7.46. The summed E-state index contributed by atoms with van der Waals surface area (Å²) in [6, 6.07) is 12.2. The Balaban J connectivity index is 1.14. The van der Waals surface area contributed by atoms with E-state index in [-0.39, 0.29) is 28.8 Å². The third kappa shape index (κ3) is 7.50. The van der Waals surface area contributed by atoms with Crippen molar-refractivity contribution in [2.24, 2.45) is 0 Å². The highest BCUT2D eigenvalue weighted by atomic mass is 35.5. The van der Waals surface area contributed by atoms with Gasteiger partial charge in [-0.2, -0.15) is 13.2 Å². The summed E-state index contributed by atoms with van der Waals surface area (Å²) in [5.74, 6) is -0.0225. The molecule has 0 N–H and O–H groups in total. The number of anilines is 2. The molecule has 8 nitrogen and oxygen atoms in total. The molecule has 5 rings (SSSR count). The minimum absolute atomic E-state index is 0.0830. The predicted octanol–water partition coefficient (Wildman–Crippen LogP) is 5.08. The molecule has 2 fully saturated rings. The number of nitrogens with zero attached hydrogens (tertiary/aromatic N) is 6. The van der Waals surface area contributed by atoms with E-state index in [4.69, 9.17) is 11.6 Å². The largest absolute Gasteiger partial charge is 0.416 e. The summed E-state index contributed by atoms with van der Waals surface area (Å²) < 4.78 is 52.6. The number of rotatable bonds is 6. The maximum absolute atomic E-state index is 13.3. The Hall–Kier alpha value is -3.58. The molecule has 0 aliphatic carbocycles. The molecular weight excluding hydrogens is 608 g/mol. The third-order valence-corrected chi connectivity index (χ3v) is 8.49. The van der Waals surface area contributed by atoms with Crippen molar-refractivity contribution in [3.05, 3.63) is 76.7 Å². The van der Waals surface area contributed by atoms with Crippen LogP contribution >= 0.6 is 23.4 Å². The number of carbonyl (C=O) groups excluding carboxylic acids is 2. The zero-order valence-electron chi connectivity index (χ0n) is 23.2. The first-order chi connectivity index (χ1) is 20.5. The Kier molecular flexibility index (Phi) is 9.30. The van der Waals surface area contributed by atoms with Crippen LogP contribution in [0.15, 0.2) is 59.8 Å². The van der Waals surface area contributed by atoms with Gasteiger partial charge >= 0.3 is 6.18 Å². The van der Waals surface area contributed by atoms with Crippen LogP contribution in [0.5, 0.6) is 0 Å². The molecule has 3 aromatic rings. The molecule has 2 aliphatic heterocycles. The van der Waals surface area contributed by atoms with Gasteiger partial charge in [0, 0.05) is 69.2 Å². The summed E-state index contributed by atoms with van der Waals surface area (Å²) in [4.78, 5) is 42.0. The van der Waals surface area contributed by atoms with Gasteiger partial charge in [-0.05, 0) is 49.4 Å². The van der Waals surface area contributed by atoms with Crippen LogP contribution in [0.25, 0.3) is 0 Å². The van der Waals surface area contributed by atoms with Gasteiger partial charge in [-0.1, -0.05) is 29.4 Å². The fourth-order valence-electron chi connectivity index (χ4n) is 5.15. The summed E-state index contributed by atoms with van der Waals surface area (Å²) in [5, 5.41) is 0.572. The van der Waals surface area contributed by atoms with Crippen molar-refractivity contribution >= 4 is 46.7 Å². The van der Waals surface area contributed by atoms with Gasteiger partial charge in [-0.15, -0.1) is 0 Å². The molecule has 2 amide bonds. The SMILES string of the molecule is CC1CN(c2cc(Cl)nc(SCC(=O)N3CCN(c4cccc(C(F)(F)F)c4)CC3)n2)CCN1C(=O)c1ccc(F)cc1. The molecule has 14 heteroatoms. The van der Waals surface area contributed by atoms with Crippen LogP contribution in [0, 0.1) is 5.82 Å². The number of halogens is 5. The van der Waals surface area contributed by atoms with E-state index >= 15 is 0 Å². The van der Waals surface area contributed by atoms with E-state index in [0.29, 0.717) is 68.0 Å². The molecule has 3 heterocycles. The molecule has 2 saturated heterocycles. The number of alkyl halides is 3. The molecule has 1 atom stereocenters. The molecule has 228 valence electrons. The molecule has 0 saturated carbocycles. The number of amides is 2. The fraction of sp³-hybridized carbons (Fsp3) is 0.379. The zero-order valence-corrected chi connectivity index (χ0v) is 24.8. The maximum atomic E-state index is 13.3. The topological polar surface area (TPSA) is 72.9 Å². The average molecular weight is 637 g/mol. The number of hydrogen-bond acceptors (Lipinski definition) is 7. The van der Waals surface area contributed by atoms with Crippen molar-refractivity contribution < 1.29 is 27.2 Å². The first-order valence-corrected chi connectivity index (χ1v) is 15.0. The molecular formula is C29H29ClF4N6O2S. The predicted molar refractivity (Wildman–Crippen MR) is 157 cm³/mol. The lowest BCUT2D eigenvalue weighted by molar-refractivity contribution is -0.137. The standard InChI is InChI=1S/C29H29ClF4N6O2S/c1-19-17-39(13-14-40(19)27(42)20-5-7-22(31)8-6-20)25-16-24(30)35-28(36-25)43-18-26(41)38-11-9-37(10-12-38)23-4-2-3-21(15-23)29(32,33)34/h2-8,15-16,19H,9-14,17-18H2,1H3. The van der Waals surface area contributed by atoms with Gasteiger partial charge in [0.2, 0.25) is 5.91 Å². The average Bonchev–Trinajstić information content (AvgIpc) is 2.99. The summed E-state index contributed by atoms with van der Waals surface area (Å²) in [6.45, 7) is 4.98. The van der Waals surface area contributed by atoms with Crippen molar-refractivity contribution in [3.8, 4) is 0 Å². The lowest BCUT2D eigenvalue weighted by atomic mass is 10.1. The molecule has 2 aromatic carbocycles. The van der Waals surface area contributed by atoms with Gasteiger partial charge in [-0.3, -0.25) is 9.59 Å². The first-order valence-electron chi connectivity index (χ1n) is 13.7. The zero-order chi connectivity index (χ0) is 30.7. The second-order valence-electron chi connectivity index (χ2n) is 10.3. The quantitative estimate of drug-likeness (QED) is 0.162. The van der Waals surface area contributed by atoms with E-state index in [9.17, 15) is 27.2 Å². The minimum Gasteiger partial charge on any atom is -0.368 e. The minimum atomic E-state index is -4.41. The van der Waals surface area contributed by atoms with Crippen molar-refractivity contribution in [2.45, 2.75) is 24.3 Å². The second-order valence-corrected chi connectivity index (χ2v) is 11.7. The van der Waals surface area contributed by atoms with Crippen LogP contribution in [-0.2, 0) is 11.0 Å². The fourth-order valence-corrected chi connectivity index (χ4v) is 6.13. The Labute approximate surface area is 255 Å². The molecule has 2 aliphatic rings. The van der Waals surface area contributed by atoms with Gasteiger partial charge in [0.1, 0.15) is 16.8 Å². The number of aromatic nitrogens is 2. The monoisotopic (exact) mass is 636 g/mol. The summed E-state index contributed by atoms with van der Waals surface area (Å²) in [7, 11) is 0. The summed E-state index contributed by atoms with van der Waals surface area (Å²) in [6.07, 6.45) is -4.41. The normalized spacial score (nSPS) is 17.8. The van der Waals surface area contributed by atoms with Crippen LogP contribution in [0.2, 0.25) is 5.15 Å². The van der Waals surface area contributed by atoms with E-state index in [1.807, 2.05) is 16.7 Å². The molecule has 1 aromatic heterocycles. The first kappa shape index (κ1) is 30.9. The lowest BCUT2D eigenvalue weighted by Gasteiger charge is -2.40. The van der Waals surface area contributed by atoms with E-state index in [2.05, 4.69) is 9.97 Å². The smallest absolute Gasteiger partial charge is 0.368 e. The number of piperazine rings is 2. The Morgan fingerprint density at radius 1 is 0.953 bits per heavy atom. The van der Waals surface area contributed by atoms with Gasteiger partial charge < -0.3 is 19.6 Å². The molecule has 0 spiro atoms. The van der Waals surface area contributed by atoms with E-state index in [1.54, 1.807) is 21.9 Å². The van der Waals surface area contributed by atoms with Gasteiger partial charge in [0.05, 0.1) is 11.3 Å². The second kappa shape index (κ2) is 13.0. The van der Waals surface area contributed by atoms with Gasteiger partial charge in [0.15, 0.2) is 5.16 Å². The Bertz CT molecular complexity index is 1470. The van der Waals surface area contributed by atoms with Crippen molar-refractivity contribution in [1.82, 2.24) is 19.8 Å². The molecule has 0 radical (unpaired) electrons. The molecule has 0 bridgehead atoms. The van der Waals surface area contributed by atoms with Crippen LogP contribution in [0.1, 0.15) is 22.8 Å². The maximum Gasteiger partial charge on any atom is 0.416 e. The number of benzene rings is 2. The number of thioether (sulfide) groups is 1. The highest BCUT2D eigenvalue weighted by Crippen LogP contribution is 2.32. The van der Waals surface area contributed by atoms with E-state index in [0.717, 1.165) is 23.9 Å². The van der Waals surface area contributed by atoms with Gasteiger partial charge in [0.25, 0.3) is 5.91 Å². The van der Waals surface area contributed by atoms with Crippen molar-refractivity contribution in [2.75, 3.05) is 61.4 Å². The number of hydrogen-bond donors (Lipinski definition) is 0. The lowest BCUT2D eigenvalue weighted by Crippen LogP contribution is -2.54. The van der Waals surface area contributed by atoms with Crippen LogP contribution in [0.4, 0.5) is 29.1 Å². The summed E-state index contributed by atoms with van der Waals surface area (Å²) in [5.41, 5.74) is 0.203. The Morgan fingerprint density at radius 2 is 1.65 bits per heavy atom. The van der Waals surface area contributed by atoms with Crippen molar-refractivity contribution in [1.29, 1.82) is 0 Å². The van der Waals surface area contributed by atoms with Crippen LogP contribution in [0.3, 0.4) is 0 Å². The third-order valence-electron chi connectivity index (χ3n) is 7.46. The van der Waals surface area contributed by atoms with Crippen LogP contribution < -0.4 is 9.80 Å². The molecule has 43 heavy (non-hydrogen) atoms. The van der Waals surface area contributed by atoms with Crippen LogP contribution in [-0.4, -0.2) is 89.2 Å².